The molecule has 2 heterocycles. The molecule has 0 saturated carbocycles. The molecule has 2 aromatic carbocycles. The summed E-state index contributed by atoms with van der Waals surface area (Å²) in [6.45, 7) is 1.93. The molecule has 0 radical (unpaired) electrons. The molecule has 0 spiro atoms. The Balaban J connectivity index is 1.39. The minimum atomic E-state index is -0.382. The quantitative estimate of drug-likeness (QED) is 0.506. The molecule has 0 fully saturated rings. The molecule has 130 valence electrons. The normalized spacial score (nSPS) is 11.0. The number of rotatable bonds is 5. The Morgan fingerprint density at radius 2 is 1.96 bits per heavy atom. The van der Waals surface area contributed by atoms with Gasteiger partial charge in [0, 0.05) is 16.5 Å². The van der Waals surface area contributed by atoms with E-state index in [1.165, 1.54) is 0 Å². The van der Waals surface area contributed by atoms with Gasteiger partial charge in [-0.2, -0.15) is 0 Å². The van der Waals surface area contributed by atoms with Gasteiger partial charge in [-0.15, -0.1) is 10.2 Å². The van der Waals surface area contributed by atoms with Crippen molar-refractivity contribution in [3.8, 4) is 11.5 Å². The lowest BCUT2D eigenvalue weighted by Gasteiger charge is -2.01. The molecule has 2 aromatic heterocycles. The molecule has 6 nitrogen and oxygen atoms in total. The number of aryl methyl sites for hydroxylation is 1. The first-order valence-corrected chi connectivity index (χ1v) is 8.19. The zero-order valence-corrected chi connectivity index (χ0v) is 14.1. The lowest BCUT2D eigenvalue weighted by molar-refractivity contribution is -0.144. The van der Waals surface area contributed by atoms with Crippen molar-refractivity contribution in [3.05, 3.63) is 71.8 Å². The maximum absolute atomic E-state index is 12.1. The summed E-state index contributed by atoms with van der Waals surface area (Å²) in [7, 11) is 0. The molecule has 0 N–H and O–H groups in total. The summed E-state index contributed by atoms with van der Waals surface area (Å²) < 4.78 is 16.3. The fraction of sp³-hybridized carbons (Fsp3) is 0.150. The van der Waals surface area contributed by atoms with Crippen LogP contribution in [-0.2, 0) is 22.6 Å². The third kappa shape index (κ3) is 3.35. The summed E-state index contributed by atoms with van der Waals surface area (Å²) in [6.07, 6.45) is 1.71. The van der Waals surface area contributed by atoms with E-state index in [1.54, 1.807) is 6.26 Å². The van der Waals surface area contributed by atoms with E-state index >= 15 is 0 Å². The van der Waals surface area contributed by atoms with Crippen molar-refractivity contribution in [2.24, 2.45) is 0 Å². The van der Waals surface area contributed by atoms with E-state index in [4.69, 9.17) is 13.6 Å². The van der Waals surface area contributed by atoms with Crippen LogP contribution in [0.3, 0.4) is 0 Å². The van der Waals surface area contributed by atoms with E-state index in [9.17, 15) is 4.79 Å². The molecule has 0 saturated heterocycles. The van der Waals surface area contributed by atoms with E-state index < -0.39 is 0 Å². The van der Waals surface area contributed by atoms with Gasteiger partial charge in [0.15, 0.2) is 6.61 Å². The van der Waals surface area contributed by atoms with Crippen LogP contribution >= 0.6 is 0 Å². The Kier molecular flexibility index (Phi) is 4.23. The minimum absolute atomic E-state index is 0.0619. The number of esters is 1. The van der Waals surface area contributed by atoms with Crippen LogP contribution in [0, 0.1) is 6.92 Å². The summed E-state index contributed by atoms with van der Waals surface area (Å²) in [4.78, 5) is 12.1. The van der Waals surface area contributed by atoms with E-state index in [1.807, 2.05) is 55.5 Å². The summed E-state index contributed by atoms with van der Waals surface area (Å²) in [5.74, 6) is 0.269. The van der Waals surface area contributed by atoms with Crippen LogP contribution in [0.15, 0.2) is 63.6 Å². The second-order valence-electron chi connectivity index (χ2n) is 5.96. The van der Waals surface area contributed by atoms with Gasteiger partial charge in [-0.25, -0.2) is 0 Å². The molecule has 0 unspecified atom stereocenters. The molecule has 26 heavy (non-hydrogen) atoms. The molecule has 0 atom stereocenters. The highest BCUT2D eigenvalue weighted by molar-refractivity contribution is 5.86. The van der Waals surface area contributed by atoms with Crippen LogP contribution in [0.5, 0.6) is 0 Å². The number of carbonyl (C=O) groups excluding carboxylic acids is 1. The van der Waals surface area contributed by atoms with Gasteiger partial charge in [0.05, 0.1) is 12.7 Å². The molecule has 0 bridgehead atoms. The predicted molar refractivity (Wildman–Crippen MR) is 94.2 cm³/mol. The van der Waals surface area contributed by atoms with Gasteiger partial charge in [-0.3, -0.25) is 4.79 Å². The fourth-order valence-corrected chi connectivity index (χ4v) is 2.69. The number of hydrogen-bond donors (Lipinski definition) is 0. The largest absolute Gasteiger partial charge is 0.464 e. The highest BCUT2D eigenvalue weighted by atomic mass is 16.5. The van der Waals surface area contributed by atoms with E-state index in [0.29, 0.717) is 5.89 Å². The Hall–Kier alpha value is -3.41. The molecule has 0 amide bonds. The van der Waals surface area contributed by atoms with Crippen molar-refractivity contribution in [2.75, 3.05) is 0 Å². The zero-order chi connectivity index (χ0) is 17.9. The molecular weight excluding hydrogens is 332 g/mol. The van der Waals surface area contributed by atoms with Crippen LogP contribution in [0.4, 0.5) is 0 Å². The summed E-state index contributed by atoms with van der Waals surface area (Å²) in [5.41, 5.74) is 3.47. The number of carbonyl (C=O) groups is 1. The highest BCUT2D eigenvalue weighted by Crippen LogP contribution is 2.23. The first-order valence-electron chi connectivity index (χ1n) is 8.19. The van der Waals surface area contributed by atoms with E-state index in [0.717, 1.165) is 27.7 Å². The second-order valence-corrected chi connectivity index (χ2v) is 5.96. The van der Waals surface area contributed by atoms with Crippen LogP contribution in [0.25, 0.3) is 22.4 Å². The topological polar surface area (TPSA) is 78.4 Å². The second kappa shape index (κ2) is 6.84. The van der Waals surface area contributed by atoms with Crippen LogP contribution in [0.2, 0.25) is 0 Å². The Morgan fingerprint density at radius 1 is 1.12 bits per heavy atom. The minimum Gasteiger partial charge on any atom is -0.464 e. The number of hydrogen-bond acceptors (Lipinski definition) is 6. The van der Waals surface area contributed by atoms with Crippen molar-refractivity contribution >= 4 is 16.9 Å². The number of aromatic nitrogens is 2. The number of nitrogens with zero attached hydrogens (tertiary/aromatic N) is 2. The Bertz CT molecular complexity index is 1050. The van der Waals surface area contributed by atoms with Gasteiger partial charge in [0.2, 0.25) is 5.89 Å². The third-order valence-corrected chi connectivity index (χ3v) is 3.99. The first-order chi connectivity index (χ1) is 12.7. The lowest BCUT2D eigenvalue weighted by atomic mass is 10.1. The lowest BCUT2D eigenvalue weighted by Crippen LogP contribution is -2.07. The van der Waals surface area contributed by atoms with Gasteiger partial charge >= 0.3 is 5.97 Å². The molecule has 0 aliphatic heterocycles. The van der Waals surface area contributed by atoms with Crippen molar-refractivity contribution in [3.63, 3.8) is 0 Å². The smallest absolute Gasteiger partial charge is 0.310 e. The fourth-order valence-electron chi connectivity index (χ4n) is 2.69. The maximum atomic E-state index is 12.1. The highest BCUT2D eigenvalue weighted by Gasteiger charge is 2.14. The van der Waals surface area contributed by atoms with Gasteiger partial charge in [-0.1, -0.05) is 30.3 Å². The first kappa shape index (κ1) is 16.1. The van der Waals surface area contributed by atoms with E-state index in [-0.39, 0.29) is 24.9 Å². The molecule has 4 aromatic rings. The van der Waals surface area contributed by atoms with Crippen molar-refractivity contribution in [2.45, 2.75) is 20.0 Å². The molecule has 4 rings (SSSR count). The number of furan rings is 1. The number of fused-ring (bicyclic) bond motifs is 1. The monoisotopic (exact) mass is 348 g/mol. The van der Waals surface area contributed by atoms with Crippen molar-refractivity contribution in [1.82, 2.24) is 10.2 Å². The van der Waals surface area contributed by atoms with Crippen LogP contribution in [0.1, 0.15) is 17.0 Å². The number of benzene rings is 2. The SMILES string of the molecule is Cc1ccc2c(CC(=O)OCc3nnc(-c4ccccc4)o3)coc2c1. The average molecular weight is 348 g/mol. The summed E-state index contributed by atoms with van der Waals surface area (Å²) in [5, 5.41) is 8.79. The van der Waals surface area contributed by atoms with Crippen molar-refractivity contribution < 1.29 is 18.4 Å². The standard InChI is InChI=1S/C20H16N2O4/c1-13-7-8-16-15(11-24-17(16)9-13)10-19(23)25-12-18-21-22-20(26-18)14-5-3-2-4-6-14/h2-9,11H,10,12H2,1H3. The van der Waals surface area contributed by atoms with E-state index in [2.05, 4.69) is 10.2 Å². The Labute approximate surface area is 149 Å². The van der Waals surface area contributed by atoms with Crippen LogP contribution < -0.4 is 0 Å². The molecular formula is C20H16N2O4. The summed E-state index contributed by atoms with van der Waals surface area (Å²) >= 11 is 0. The number of ether oxygens (including phenoxy) is 1. The van der Waals surface area contributed by atoms with Gasteiger partial charge in [0.1, 0.15) is 5.58 Å². The van der Waals surface area contributed by atoms with Crippen molar-refractivity contribution in [1.29, 1.82) is 0 Å². The summed E-state index contributed by atoms with van der Waals surface area (Å²) in [6, 6.07) is 15.3. The predicted octanol–water partition coefficient (Wildman–Crippen LogP) is 4.08. The maximum Gasteiger partial charge on any atom is 0.310 e. The zero-order valence-electron chi connectivity index (χ0n) is 14.1. The third-order valence-electron chi connectivity index (χ3n) is 3.99. The molecule has 0 aliphatic rings. The van der Waals surface area contributed by atoms with Gasteiger partial charge in [0.25, 0.3) is 5.89 Å². The Morgan fingerprint density at radius 3 is 2.81 bits per heavy atom. The van der Waals surface area contributed by atoms with Gasteiger partial charge in [-0.05, 0) is 30.7 Å². The van der Waals surface area contributed by atoms with Crippen LogP contribution in [-0.4, -0.2) is 16.2 Å². The average Bonchev–Trinajstić information content (AvgIpc) is 3.28. The molecule has 0 aliphatic carbocycles. The van der Waals surface area contributed by atoms with Gasteiger partial charge < -0.3 is 13.6 Å². The molecule has 6 heteroatoms.